The lowest BCUT2D eigenvalue weighted by Crippen LogP contribution is -2.25. The van der Waals surface area contributed by atoms with Crippen molar-refractivity contribution in [1.29, 1.82) is 0 Å². The second kappa shape index (κ2) is 5.24. The average Bonchev–Trinajstić information content (AvgIpc) is 2.27. The Bertz CT molecular complexity index is 536. The van der Waals surface area contributed by atoms with E-state index in [0.717, 1.165) is 7.11 Å². The molecule has 106 valence electrons. The summed E-state index contributed by atoms with van der Waals surface area (Å²) in [6, 6.07) is 0. The molecule has 1 aromatic rings. The number of rotatable bonds is 3. The Morgan fingerprint density at radius 3 is 2.37 bits per heavy atom. The molecule has 0 amide bonds. The highest BCUT2D eigenvalue weighted by atomic mass is 19.4. The van der Waals surface area contributed by atoms with Gasteiger partial charge < -0.3 is 14.5 Å². The van der Waals surface area contributed by atoms with Gasteiger partial charge >= 0.3 is 12.3 Å². The van der Waals surface area contributed by atoms with Crippen molar-refractivity contribution in [3.05, 3.63) is 27.7 Å². The number of carbonyl (C=O) groups is 1. The third kappa shape index (κ3) is 3.42. The Kier molecular flexibility index (Phi) is 4.12. The van der Waals surface area contributed by atoms with Gasteiger partial charge in [-0.15, -0.1) is 13.2 Å². The molecule has 0 bridgehead atoms. The monoisotopic (exact) mass is 287 g/mol. The van der Waals surface area contributed by atoms with Crippen LogP contribution < -0.4 is 10.3 Å². The minimum Gasteiger partial charge on any atom is -0.465 e. The first kappa shape index (κ1) is 14.9. The van der Waals surface area contributed by atoms with Crippen LogP contribution in [0.4, 0.5) is 22.0 Å². The molecule has 19 heavy (non-hydrogen) atoms. The van der Waals surface area contributed by atoms with E-state index in [1.807, 2.05) is 0 Å². The van der Waals surface area contributed by atoms with Crippen molar-refractivity contribution < 1.29 is 36.2 Å². The summed E-state index contributed by atoms with van der Waals surface area (Å²) in [5, 5.41) is 0. The van der Waals surface area contributed by atoms with E-state index in [1.165, 1.54) is 0 Å². The van der Waals surface area contributed by atoms with Crippen LogP contribution in [0.2, 0.25) is 0 Å². The number of aromatic nitrogens is 1. The van der Waals surface area contributed by atoms with Crippen molar-refractivity contribution in [2.24, 2.45) is 0 Å². The predicted molar refractivity (Wildman–Crippen MR) is 50.0 cm³/mol. The largest absolute Gasteiger partial charge is 0.573 e. The number of nitrogens with one attached hydrogen (secondary N) is 1. The lowest BCUT2D eigenvalue weighted by atomic mass is 10.1. The summed E-state index contributed by atoms with van der Waals surface area (Å²) in [5.41, 5.74) is -4.02. The van der Waals surface area contributed by atoms with Crippen molar-refractivity contribution in [3.8, 4) is 5.75 Å². The normalized spacial score (nSPS) is 11.5. The number of pyridine rings is 1. The highest BCUT2D eigenvalue weighted by Gasteiger charge is 2.36. The van der Waals surface area contributed by atoms with Crippen LogP contribution in [0.1, 0.15) is 22.3 Å². The number of alkyl halides is 5. The number of esters is 1. The predicted octanol–water partition coefficient (Wildman–Crippen LogP) is 2.00. The molecule has 0 saturated heterocycles. The molecule has 1 aromatic heterocycles. The molecule has 0 saturated carbocycles. The van der Waals surface area contributed by atoms with E-state index in [4.69, 9.17) is 0 Å². The lowest BCUT2D eigenvalue weighted by Gasteiger charge is -2.14. The quantitative estimate of drug-likeness (QED) is 0.682. The van der Waals surface area contributed by atoms with Crippen LogP contribution in [-0.2, 0) is 4.74 Å². The van der Waals surface area contributed by atoms with Crippen LogP contribution in [-0.4, -0.2) is 24.4 Å². The standard InChI is InChI=1S/C9H6F5NO4/c1-18-8(17)5-4(6(10)11)3(2-15-7(5)16)19-9(12,13)14/h2,6H,1H3,(H,15,16). The van der Waals surface area contributed by atoms with Crippen LogP contribution in [0.25, 0.3) is 0 Å². The fraction of sp³-hybridized carbons (Fsp3) is 0.333. The third-order valence-corrected chi connectivity index (χ3v) is 1.93. The molecule has 0 fully saturated rings. The smallest absolute Gasteiger partial charge is 0.465 e. The molecule has 1 heterocycles. The van der Waals surface area contributed by atoms with Crippen LogP contribution >= 0.6 is 0 Å². The summed E-state index contributed by atoms with van der Waals surface area (Å²) in [5.74, 6) is -2.87. The van der Waals surface area contributed by atoms with Gasteiger partial charge in [-0.1, -0.05) is 0 Å². The van der Waals surface area contributed by atoms with Gasteiger partial charge in [0.15, 0.2) is 5.75 Å². The summed E-state index contributed by atoms with van der Waals surface area (Å²) in [7, 11) is 0.786. The van der Waals surface area contributed by atoms with Gasteiger partial charge in [0.2, 0.25) is 0 Å². The maximum absolute atomic E-state index is 12.7. The van der Waals surface area contributed by atoms with E-state index >= 15 is 0 Å². The number of ether oxygens (including phenoxy) is 2. The maximum Gasteiger partial charge on any atom is 0.573 e. The third-order valence-electron chi connectivity index (χ3n) is 1.93. The molecule has 0 spiro atoms. The van der Waals surface area contributed by atoms with Gasteiger partial charge in [-0.25, -0.2) is 13.6 Å². The first-order chi connectivity index (χ1) is 8.67. The number of aromatic amines is 1. The van der Waals surface area contributed by atoms with Gasteiger partial charge in [-0.3, -0.25) is 4.79 Å². The Morgan fingerprint density at radius 1 is 1.37 bits per heavy atom. The average molecular weight is 287 g/mol. The van der Waals surface area contributed by atoms with E-state index in [1.54, 1.807) is 4.98 Å². The number of hydrogen-bond donors (Lipinski definition) is 1. The second-order valence-electron chi connectivity index (χ2n) is 3.11. The molecule has 5 nitrogen and oxygen atoms in total. The minimum atomic E-state index is -5.25. The summed E-state index contributed by atoms with van der Waals surface area (Å²) < 4.78 is 68.9. The molecule has 10 heteroatoms. The number of carbonyl (C=O) groups excluding carboxylic acids is 1. The van der Waals surface area contributed by atoms with Crippen molar-refractivity contribution in [3.63, 3.8) is 0 Å². The van der Waals surface area contributed by atoms with Crippen molar-refractivity contribution >= 4 is 5.97 Å². The Balaban J connectivity index is 3.50. The van der Waals surface area contributed by atoms with E-state index in [2.05, 4.69) is 9.47 Å². The number of H-pyrrole nitrogens is 1. The molecule has 1 N–H and O–H groups in total. The number of halogens is 5. The van der Waals surface area contributed by atoms with Gasteiger partial charge in [0.1, 0.15) is 5.56 Å². The first-order valence-corrected chi connectivity index (χ1v) is 4.55. The van der Waals surface area contributed by atoms with E-state index in [0.29, 0.717) is 6.20 Å². The molecule has 0 atom stereocenters. The van der Waals surface area contributed by atoms with E-state index in [-0.39, 0.29) is 0 Å². The van der Waals surface area contributed by atoms with Gasteiger partial charge in [0.05, 0.1) is 12.7 Å². The highest BCUT2D eigenvalue weighted by Crippen LogP contribution is 2.33. The van der Waals surface area contributed by atoms with E-state index in [9.17, 15) is 31.5 Å². The summed E-state index contributed by atoms with van der Waals surface area (Å²) in [6.07, 6.45) is -8.49. The Labute approximate surface area is 101 Å². The first-order valence-electron chi connectivity index (χ1n) is 4.55. The van der Waals surface area contributed by atoms with Crippen LogP contribution in [0.15, 0.2) is 11.0 Å². The number of hydrogen-bond acceptors (Lipinski definition) is 4. The zero-order chi connectivity index (χ0) is 14.8. The molecule has 0 unspecified atom stereocenters. The zero-order valence-corrected chi connectivity index (χ0v) is 9.18. The van der Waals surface area contributed by atoms with Crippen molar-refractivity contribution in [1.82, 2.24) is 4.98 Å². The van der Waals surface area contributed by atoms with Gasteiger partial charge in [0, 0.05) is 6.20 Å². The topological polar surface area (TPSA) is 68.4 Å². The van der Waals surface area contributed by atoms with Crippen LogP contribution in [0.5, 0.6) is 5.75 Å². The molecule has 0 aliphatic heterocycles. The van der Waals surface area contributed by atoms with Gasteiger partial charge in [-0.05, 0) is 0 Å². The van der Waals surface area contributed by atoms with Crippen molar-refractivity contribution in [2.45, 2.75) is 12.8 Å². The van der Waals surface area contributed by atoms with Crippen molar-refractivity contribution in [2.75, 3.05) is 7.11 Å². The van der Waals surface area contributed by atoms with Crippen LogP contribution in [0.3, 0.4) is 0 Å². The molecule has 0 aliphatic rings. The lowest BCUT2D eigenvalue weighted by molar-refractivity contribution is -0.275. The van der Waals surface area contributed by atoms with Gasteiger partial charge in [0.25, 0.3) is 12.0 Å². The summed E-state index contributed by atoms with van der Waals surface area (Å²) in [4.78, 5) is 24.1. The molecule has 0 aliphatic carbocycles. The fourth-order valence-electron chi connectivity index (χ4n) is 1.26. The summed E-state index contributed by atoms with van der Waals surface area (Å²) >= 11 is 0. The molecular formula is C9H6F5NO4. The Hall–Kier alpha value is -2.13. The highest BCUT2D eigenvalue weighted by molar-refractivity contribution is 5.91. The van der Waals surface area contributed by atoms with Crippen LogP contribution in [0, 0.1) is 0 Å². The maximum atomic E-state index is 12.7. The Morgan fingerprint density at radius 2 is 1.95 bits per heavy atom. The molecular weight excluding hydrogens is 281 g/mol. The number of methoxy groups -OCH3 is 1. The SMILES string of the molecule is COC(=O)c1c(C(F)F)c(OC(F)(F)F)c[nH]c1=O. The van der Waals surface area contributed by atoms with E-state index < -0.39 is 41.2 Å². The zero-order valence-electron chi connectivity index (χ0n) is 9.18. The molecule has 0 radical (unpaired) electrons. The molecule has 0 aromatic carbocycles. The second-order valence-corrected chi connectivity index (χ2v) is 3.11. The molecule has 1 rings (SSSR count). The fourth-order valence-corrected chi connectivity index (χ4v) is 1.26. The van der Waals surface area contributed by atoms with Gasteiger partial charge in [-0.2, -0.15) is 0 Å². The summed E-state index contributed by atoms with van der Waals surface area (Å²) in [6.45, 7) is 0. The minimum absolute atomic E-state index is 0.295.